The van der Waals surface area contributed by atoms with Gasteiger partial charge in [-0.2, -0.15) is 0 Å². The van der Waals surface area contributed by atoms with Crippen LogP contribution in [0.3, 0.4) is 0 Å². The number of ether oxygens (including phenoxy) is 1. The number of ketones is 1. The molecule has 1 aromatic carbocycles. The van der Waals surface area contributed by atoms with Gasteiger partial charge < -0.3 is 15.0 Å². The van der Waals surface area contributed by atoms with E-state index in [0.717, 1.165) is 38.9 Å². The lowest BCUT2D eigenvalue weighted by molar-refractivity contribution is -0.165. The minimum absolute atomic E-state index is 0.0268. The number of rotatable bonds is 6. The van der Waals surface area contributed by atoms with Gasteiger partial charge >= 0.3 is 0 Å². The number of hydrogen-bond acceptors (Lipinski definition) is 4. The molecular formula is C21H29FN2O3. The normalized spacial score (nSPS) is 22.8. The first-order chi connectivity index (χ1) is 12.9. The van der Waals surface area contributed by atoms with E-state index in [2.05, 4.69) is 24.1 Å². The third-order valence-corrected chi connectivity index (χ3v) is 5.79. The summed E-state index contributed by atoms with van der Waals surface area (Å²) < 4.78 is 19.0. The average Bonchev–Trinajstić information content (AvgIpc) is 2.66. The van der Waals surface area contributed by atoms with Gasteiger partial charge in [-0.05, 0) is 56.0 Å². The van der Waals surface area contributed by atoms with Gasteiger partial charge in [-0.3, -0.25) is 9.59 Å². The lowest BCUT2D eigenvalue weighted by atomic mass is 9.78. The monoisotopic (exact) mass is 376 g/mol. The number of amides is 1. The topological polar surface area (TPSA) is 58.6 Å². The highest BCUT2D eigenvalue weighted by Crippen LogP contribution is 2.35. The fourth-order valence-corrected chi connectivity index (χ4v) is 4.27. The lowest BCUT2D eigenvalue weighted by Crippen LogP contribution is -2.65. The first-order valence-corrected chi connectivity index (χ1v) is 9.84. The quantitative estimate of drug-likeness (QED) is 0.776. The van der Waals surface area contributed by atoms with E-state index in [9.17, 15) is 14.0 Å². The molecule has 0 saturated carbocycles. The number of carbonyl (C=O) groups excluding carboxylic acids is 2. The molecular weight excluding hydrogens is 347 g/mol. The first kappa shape index (κ1) is 20.0. The molecule has 27 heavy (non-hydrogen) atoms. The second kappa shape index (κ2) is 8.48. The third-order valence-electron chi connectivity index (χ3n) is 5.79. The molecule has 0 bridgehead atoms. The van der Waals surface area contributed by atoms with Gasteiger partial charge in [0.05, 0.1) is 11.6 Å². The SMILES string of the molecule is CC(C)C1NC(=O)COC12CCN(CCCC(=O)c1ccc(F)cc1)CC2. The molecule has 5 nitrogen and oxygen atoms in total. The van der Waals surface area contributed by atoms with Crippen molar-refractivity contribution >= 4 is 11.7 Å². The zero-order chi connectivity index (χ0) is 19.4. The fourth-order valence-electron chi connectivity index (χ4n) is 4.27. The Labute approximate surface area is 160 Å². The predicted molar refractivity (Wildman–Crippen MR) is 101 cm³/mol. The molecule has 0 radical (unpaired) electrons. The fraction of sp³-hybridized carbons (Fsp3) is 0.619. The highest BCUT2D eigenvalue weighted by molar-refractivity contribution is 5.95. The highest BCUT2D eigenvalue weighted by atomic mass is 19.1. The molecule has 0 aromatic heterocycles. The summed E-state index contributed by atoms with van der Waals surface area (Å²) in [5, 5.41) is 3.12. The smallest absolute Gasteiger partial charge is 0.246 e. The van der Waals surface area contributed by atoms with Crippen LogP contribution < -0.4 is 5.32 Å². The summed E-state index contributed by atoms with van der Waals surface area (Å²) in [5.74, 6) is 0.0338. The molecule has 2 aliphatic rings. The van der Waals surface area contributed by atoms with Gasteiger partial charge in [0, 0.05) is 25.1 Å². The number of piperidine rings is 1. The van der Waals surface area contributed by atoms with Crippen LogP contribution in [0, 0.1) is 11.7 Å². The van der Waals surface area contributed by atoms with Crippen molar-refractivity contribution in [2.75, 3.05) is 26.2 Å². The Morgan fingerprint density at radius 1 is 1.30 bits per heavy atom. The molecule has 1 atom stereocenters. The maximum absolute atomic E-state index is 12.9. The number of nitrogens with zero attached hydrogens (tertiary/aromatic N) is 1. The van der Waals surface area contributed by atoms with E-state index in [1.807, 2.05) is 0 Å². The molecule has 6 heteroatoms. The molecule has 2 saturated heterocycles. The van der Waals surface area contributed by atoms with Gasteiger partial charge in [-0.15, -0.1) is 0 Å². The number of carbonyl (C=O) groups is 2. The van der Waals surface area contributed by atoms with Crippen molar-refractivity contribution in [3.8, 4) is 0 Å². The van der Waals surface area contributed by atoms with Crippen LogP contribution in [0.25, 0.3) is 0 Å². The number of hydrogen-bond donors (Lipinski definition) is 1. The lowest BCUT2D eigenvalue weighted by Gasteiger charge is -2.50. The van der Waals surface area contributed by atoms with Crippen molar-refractivity contribution in [2.45, 2.75) is 51.2 Å². The maximum atomic E-state index is 12.9. The minimum Gasteiger partial charge on any atom is -0.363 e. The largest absolute Gasteiger partial charge is 0.363 e. The number of Topliss-reactive ketones (excluding diaryl/α,β-unsaturated/α-hetero) is 1. The molecule has 1 spiro atoms. The molecule has 1 unspecified atom stereocenters. The Hall–Kier alpha value is -1.79. The summed E-state index contributed by atoms with van der Waals surface area (Å²) in [6.45, 7) is 7.06. The van der Waals surface area contributed by atoms with Crippen molar-refractivity contribution < 1.29 is 18.7 Å². The zero-order valence-corrected chi connectivity index (χ0v) is 16.2. The first-order valence-electron chi connectivity index (χ1n) is 9.84. The minimum atomic E-state index is -0.324. The van der Waals surface area contributed by atoms with E-state index in [-0.39, 0.29) is 35.8 Å². The molecule has 2 aliphatic heterocycles. The van der Waals surface area contributed by atoms with Gasteiger partial charge in [0.15, 0.2) is 5.78 Å². The van der Waals surface area contributed by atoms with E-state index in [0.29, 0.717) is 17.9 Å². The van der Waals surface area contributed by atoms with Crippen molar-refractivity contribution in [1.29, 1.82) is 0 Å². The van der Waals surface area contributed by atoms with Crippen LogP contribution in [0.15, 0.2) is 24.3 Å². The second-order valence-corrected chi connectivity index (χ2v) is 8.02. The Kier molecular flexibility index (Phi) is 6.27. The number of nitrogens with one attached hydrogen (secondary N) is 1. The van der Waals surface area contributed by atoms with Crippen molar-refractivity contribution in [3.63, 3.8) is 0 Å². The van der Waals surface area contributed by atoms with Gasteiger partial charge in [0.25, 0.3) is 0 Å². The van der Waals surface area contributed by atoms with E-state index >= 15 is 0 Å². The molecule has 3 rings (SSSR count). The standard InChI is InChI=1S/C21H29FN2O3/c1-15(2)20-21(27-14-19(26)23-20)9-12-24(13-10-21)11-3-4-18(25)16-5-7-17(22)8-6-16/h5-8,15,20H,3-4,9-14H2,1-2H3,(H,23,26). The summed E-state index contributed by atoms with van der Waals surface area (Å²) in [5.41, 5.74) is 0.308. The molecule has 1 aromatic rings. The maximum Gasteiger partial charge on any atom is 0.246 e. The Morgan fingerprint density at radius 3 is 2.59 bits per heavy atom. The number of likely N-dealkylation sites (tertiary alicyclic amines) is 1. The highest BCUT2D eigenvalue weighted by Gasteiger charge is 2.47. The summed E-state index contributed by atoms with van der Waals surface area (Å²) >= 11 is 0. The van der Waals surface area contributed by atoms with Crippen LogP contribution >= 0.6 is 0 Å². The van der Waals surface area contributed by atoms with Gasteiger partial charge in [0.1, 0.15) is 12.4 Å². The number of halogens is 1. The Morgan fingerprint density at radius 2 is 1.96 bits per heavy atom. The molecule has 148 valence electrons. The number of benzene rings is 1. The van der Waals surface area contributed by atoms with Crippen molar-refractivity contribution in [1.82, 2.24) is 10.2 Å². The van der Waals surface area contributed by atoms with E-state index in [4.69, 9.17) is 4.74 Å². The van der Waals surface area contributed by atoms with E-state index in [1.165, 1.54) is 12.1 Å². The third kappa shape index (κ3) is 4.74. The predicted octanol–water partition coefficient (Wildman–Crippen LogP) is 2.79. The van der Waals surface area contributed by atoms with Crippen LogP contribution in [0.1, 0.15) is 49.9 Å². The summed E-state index contributed by atoms with van der Waals surface area (Å²) in [6.07, 6.45) is 3.03. The van der Waals surface area contributed by atoms with Crippen LogP contribution in [-0.4, -0.2) is 54.5 Å². The number of morpholine rings is 1. The van der Waals surface area contributed by atoms with Gasteiger partial charge in [-0.1, -0.05) is 13.8 Å². The van der Waals surface area contributed by atoms with Crippen LogP contribution in [0.4, 0.5) is 4.39 Å². The van der Waals surface area contributed by atoms with Crippen molar-refractivity contribution in [2.24, 2.45) is 5.92 Å². The molecule has 2 fully saturated rings. The van der Waals surface area contributed by atoms with Gasteiger partial charge in [-0.25, -0.2) is 4.39 Å². The average molecular weight is 376 g/mol. The molecule has 1 N–H and O–H groups in total. The van der Waals surface area contributed by atoms with Crippen molar-refractivity contribution in [3.05, 3.63) is 35.6 Å². The Balaban J connectivity index is 1.46. The van der Waals surface area contributed by atoms with E-state index in [1.54, 1.807) is 12.1 Å². The van der Waals surface area contributed by atoms with Crippen LogP contribution in [-0.2, 0) is 9.53 Å². The van der Waals surface area contributed by atoms with E-state index < -0.39 is 0 Å². The Bertz CT molecular complexity index is 667. The van der Waals surface area contributed by atoms with Gasteiger partial charge in [0.2, 0.25) is 5.91 Å². The van der Waals surface area contributed by atoms with Crippen LogP contribution in [0.5, 0.6) is 0 Å². The zero-order valence-electron chi connectivity index (χ0n) is 16.2. The summed E-state index contributed by atoms with van der Waals surface area (Å²) in [7, 11) is 0. The van der Waals surface area contributed by atoms with Crippen LogP contribution in [0.2, 0.25) is 0 Å². The second-order valence-electron chi connectivity index (χ2n) is 8.02. The molecule has 1 amide bonds. The summed E-state index contributed by atoms with van der Waals surface area (Å²) in [6, 6.07) is 5.80. The summed E-state index contributed by atoms with van der Waals surface area (Å²) in [4.78, 5) is 26.3. The molecule has 2 heterocycles. The molecule has 0 aliphatic carbocycles.